The number of hydrogen-bond acceptors (Lipinski definition) is 4. The molecule has 0 saturated heterocycles. The van der Waals surface area contributed by atoms with Crippen molar-refractivity contribution in [2.75, 3.05) is 0 Å². The molecule has 0 fully saturated rings. The maximum absolute atomic E-state index is 13.4. The highest BCUT2D eigenvalue weighted by Crippen LogP contribution is 2.41. The summed E-state index contributed by atoms with van der Waals surface area (Å²) in [5, 5.41) is 18.1. The van der Waals surface area contributed by atoms with E-state index >= 15 is 0 Å². The molecule has 0 spiro atoms. The number of nitriles is 2. The summed E-state index contributed by atoms with van der Waals surface area (Å²) in [6.45, 7) is 0. The molecule has 0 unspecified atom stereocenters. The third-order valence-corrected chi connectivity index (χ3v) is 5.25. The molecule has 0 bridgehead atoms. The van der Waals surface area contributed by atoms with Crippen molar-refractivity contribution in [3.05, 3.63) is 81.9 Å². The number of aliphatic imine (C=N–C) groups is 2. The molecular formula is C24H8F12N4. The number of hydrogen-bond donors (Lipinski definition) is 0. The van der Waals surface area contributed by atoms with Crippen LogP contribution < -0.4 is 0 Å². The number of allylic oxidation sites excluding steroid dienone is 4. The monoisotopic (exact) mass is 580 g/mol. The fourth-order valence-corrected chi connectivity index (χ4v) is 3.55. The lowest BCUT2D eigenvalue weighted by molar-refractivity contribution is -0.144. The molecule has 4 nitrogen and oxygen atoms in total. The fraction of sp³-hybridized carbons (Fsp3) is 0.167. The van der Waals surface area contributed by atoms with Crippen molar-refractivity contribution in [1.29, 1.82) is 10.5 Å². The van der Waals surface area contributed by atoms with Crippen LogP contribution in [0.1, 0.15) is 33.4 Å². The molecule has 40 heavy (non-hydrogen) atoms. The zero-order valence-corrected chi connectivity index (χ0v) is 18.9. The Labute approximate surface area is 215 Å². The fourth-order valence-electron chi connectivity index (χ4n) is 3.55. The van der Waals surface area contributed by atoms with E-state index in [4.69, 9.17) is 10.5 Å². The first-order valence-electron chi connectivity index (χ1n) is 10.2. The Morgan fingerprint density at radius 2 is 0.700 bits per heavy atom. The molecule has 0 amide bonds. The van der Waals surface area contributed by atoms with E-state index in [1.807, 2.05) is 0 Å². The second-order valence-corrected chi connectivity index (χ2v) is 7.90. The molecule has 0 radical (unpaired) electrons. The predicted molar refractivity (Wildman–Crippen MR) is 115 cm³/mol. The molecule has 0 atom stereocenters. The first-order chi connectivity index (χ1) is 18.3. The van der Waals surface area contributed by atoms with Crippen molar-refractivity contribution in [2.45, 2.75) is 24.7 Å². The van der Waals surface area contributed by atoms with Crippen LogP contribution in [0.2, 0.25) is 0 Å². The SMILES string of the molecule is N#C/N=C1C=C(c2cc(C(F)(F)F)cc(C(F)(F)F)c2)/C(=N\C#N)C=C/1c1cc(C(F)(F)F)cc(C(F)(F)F)c1. The van der Waals surface area contributed by atoms with Gasteiger partial charge in [0.15, 0.2) is 0 Å². The van der Waals surface area contributed by atoms with Gasteiger partial charge >= 0.3 is 24.7 Å². The minimum atomic E-state index is -5.28. The molecule has 1 aliphatic carbocycles. The lowest BCUT2D eigenvalue weighted by Gasteiger charge is -2.21. The van der Waals surface area contributed by atoms with E-state index in [-0.39, 0.29) is 36.4 Å². The predicted octanol–water partition coefficient (Wildman–Crippen LogP) is 8.09. The molecule has 0 aromatic heterocycles. The quantitative estimate of drug-likeness (QED) is 0.205. The van der Waals surface area contributed by atoms with Gasteiger partial charge in [-0.05, 0) is 59.7 Å². The van der Waals surface area contributed by atoms with Crippen LogP contribution in [0.15, 0.2) is 58.5 Å². The number of halogens is 12. The summed E-state index contributed by atoms with van der Waals surface area (Å²) in [5.74, 6) is 0. The van der Waals surface area contributed by atoms with Gasteiger partial charge in [0.25, 0.3) is 0 Å². The van der Waals surface area contributed by atoms with E-state index in [9.17, 15) is 52.7 Å². The van der Waals surface area contributed by atoms with Gasteiger partial charge < -0.3 is 0 Å². The summed E-state index contributed by atoms with van der Waals surface area (Å²) >= 11 is 0. The van der Waals surface area contributed by atoms with Crippen molar-refractivity contribution >= 4 is 22.6 Å². The van der Waals surface area contributed by atoms with E-state index in [0.717, 1.165) is 0 Å². The molecule has 0 saturated carbocycles. The maximum atomic E-state index is 13.4. The number of alkyl halides is 12. The molecule has 0 N–H and O–H groups in total. The van der Waals surface area contributed by atoms with Gasteiger partial charge in [-0.15, -0.1) is 0 Å². The first-order valence-corrected chi connectivity index (χ1v) is 10.2. The zero-order valence-electron chi connectivity index (χ0n) is 18.9. The Morgan fingerprint density at radius 1 is 0.450 bits per heavy atom. The van der Waals surface area contributed by atoms with Crippen LogP contribution in [0, 0.1) is 22.9 Å². The topological polar surface area (TPSA) is 72.3 Å². The van der Waals surface area contributed by atoms with Crippen LogP contribution in [0.25, 0.3) is 11.1 Å². The van der Waals surface area contributed by atoms with Crippen molar-refractivity contribution in [1.82, 2.24) is 0 Å². The third kappa shape index (κ3) is 6.51. The number of nitrogens with zero attached hydrogens (tertiary/aromatic N) is 4. The Balaban J connectivity index is 2.35. The number of benzene rings is 2. The Morgan fingerprint density at radius 3 is 0.900 bits per heavy atom. The summed E-state index contributed by atoms with van der Waals surface area (Å²) in [4.78, 5) is 6.54. The second-order valence-electron chi connectivity index (χ2n) is 7.90. The van der Waals surface area contributed by atoms with Gasteiger partial charge in [0.1, 0.15) is 0 Å². The third-order valence-electron chi connectivity index (χ3n) is 5.25. The van der Waals surface area contributed by atoms with E-state index in [0.29, 0.717) is 12.2 Å². The largest absolute Gasteiger partial charge is 0.416 e. The normalized spacial score (nSPS) is 16.9. The molecule has 16 heteroatoms. The summed E-state index contributed by atoms with van der Waals surface area (Å²) in [6.07, 6.45) is -17.5. The molecule has 3 rings (SSSR count). The van der Waals surface area contributed by atoms with Gasteiger partial charge in [0.2, 0.25) is 12.4 Å². The summed E-state index contributed by atoms with van der Waals surface area (Å²) in [5.41, 5.74) is -11.5. The van der Waals surface area contributed by atoms with Gasteiger partial charge in [-0.2, -0.15) is 73.2 Å². The van der Waals surface area contributed by atoms with E-state index in [1.165, 1.54) is 12.4 Å². The minimum Gasteiger partial charge on any atom is -0.173 e. The van der Waals surface area contributed by atoms with Crippen LogP contribution in [0.4, 0.5) is 52.7 Å². The van der Waals surface area contributed by atoms with Crippen LogP contribution in [-0.2, 0) is 24.7 Å². The van der Waals surface area contributed by atoms with Gasteiger partial charge in [-0.25, -0.2) is 0 Å². The van der Waals surface area contributed by atoms with E-state index < -0.39 is 80.7 Å². The van der Waals surface area contributed by atoms with Crippen LogP contribution in [0.3, 0.4) is 0 Å². The average molecular weight is 580 g/mol. The molecule has 208 valence electrons. The highest BCUT2D eigenvalue weighted by atomic mass is 19.4. The molecule has 2 aromatic carbocycles. The van der Waals surface area contributed by atoms with Gasteiger partial charge in [0.05, 0.1) is 33.7 Å². The van der Waals surface area contributed by atoms with E-state index in [2.05, 4.69) is 9.98 Å². The minimum absolute atomic E-state index is 0.194. The van der Waals surface area contributed by atoms with Crippen molar-refractivity contribution < 1.29 is 52.7 Å². The van der Waals surface area contributed by atoms with Crippen molar-refractivity contribution in [3.8, 4) is 12.4 Å². The first kappa shape index (κ1) is 29.9. The molecule has 0 aliphatic heterocycles. The van der Waals surface area contributed by atoms with Crippen molar-refractivity contribution in [2.24, 2.45) is 9.98 Å². The molecular weight excluding hydrogens is 572 g/mol. The van der Waals surface area contributed by atoms with Crippen LogP contribution >= 0.6 is 0 Å². The Kier molecular flexibility index (Phi) is 7.62. The number of rotatable bonds is 2. The lowest BCUT2D eigenvalue weighted by Crippen LogP contribution is -2.17. The molecule has 2 aromatic rings. The standard InChI is InChI=1S/C24H8F12N4/c25-21(26,27)13-1-11(2-14(5-13)22(28,29)30)17-7-20(40-10-38)18(8-19(17)39-9-37)12-3-15(23(31,32)33)6-16(4-12)24(34,35)36/h1-8H/b39-19-,40-20-. The Bertz CT molecular complexity index is 1370. The summed E-state index contributed by atoms with van der Waals surface area (Å²) in [6, 6.07) is 0.624. The van der Waals surface area contributed by atoms with Crippen LogP contribution in [0.5, 0.6) is 0 Å². The Hall–Kier alpha value is -4.60. The van der Waals surface area contributed by atoms with E-state index in [1.54, 1.807) is 0 Å². The van der Waals surface area contributed by atoms with Gasteiger partial charge in [-0.1, -0.05) is 0 Å². The maximum Gasteiger partial charge on any atom is 0.416 e. The van der Waals surface area contributed by atoms with Gasteiger partial charge in [0, 0.05) is 11.1 Å². The summed E-state index contributed by atoms with van der Waals surface area (Å²) < 4.78 is 160. The smallest absolute Gasteiger partial charge is 0.173 e. The lowest BCUT2D eigenvalue weighted by atomic mass is 9.86. The van der Waals surface area contributed by atoms with Crippen molar-refractivity contribution in [3.63, 3.8) is 0 Å². The highest BCUT2D eigenvalue weighted by molar-refractivity contribution is 6.47. The van der Waals surface area contributed by atoms with Gasteiger partial charge in [-0.3, -0.25) is 0 Å². The average Bonchev–Trinajstić information content (AvgIpc) is 2.82. The molecule has 1 aliphatic rings. The molecule has 0 heterocycles. The second kappa shape index (κ2) is 10.2. The highest BCUT2D eigenvalue weighted by Gasteiger charge is 2.39. The summed E-state index contributed by atoms with van der Waals surface area (Å²) in [7, 11) is 0. The zero-order chi connectivity index (χ0) is 30.3. The van der Waals surface area contributed by atoms with Crippen LogP contribution in [-0.4, -0.2) is 11.4 Å².